The predicted octanol–water partition coefficient (Wildman–Crippen LogP) is 4.38. The minimum Gasteiger partial charge on any atom is -0.493 e. The van der Waals surface area contributed by atoms with E-state index in [-0.39, 0.29) is 11.0 Å². The number of nitrogens with one attached hydrogen (secondary N) is 1. The molecule has 0 fully saturated rings. The first-order valence-electron chi connectivity index (χ1n) is 8.38. The number of aromatic hydroxyl groups is 1. The van der Waals surface area contributed by atoms with Crippen molar-refractivity contribution < 1.29 is 5.11 Å². The fourth-order valence-electron chi connectivity index (χ4n) is 3.26. The number of hydrogen-bond acceptors (Lipinski definition) is 4. The first-order chi connectivity index (χ1) is 13.2. The Labute approximate surface area is 160 Å². The number of para-hydroxylation sites is 1. The van der Waals surface area contributed by atoms with Gasteiger partial charge in [0.15, 0.2) is 5.69 Å². The molecule has 0 radical (unpaired) electrons. The van der Waals surface area contributed by atoms with Crippen molar-refractivity contribution in [3.8, 4) is 5.88 Å². The summed E-state index contributed by atoms with van der Waals surface area (Å²) in [6.07, 6.45) is 0. The second-order valence-corrected chi connectivity index (χ2v) is 6.45. The molecule has 1 heterocycles. The summed E-state index contributed by atoms with van der Waals surface area (Å²) in [6, 6.07) is 22.0. The molecule has 4 aromatic rings. The molecule has 134 valence electrons. The van der Waals surface area contributed by atoms with E-state index in [0.717, 1.165) is 27.2 Å². The molecule has 0 bridgehead atoms. The second-order valence-electron chi connectivity index (χ2n) is 6.06. The van der Waals surface area contributed by atoms with Gasteiger partial charge in [0, 0.05) is 5.39 Å². The lowest BCUT2D eigenvalue weighted by Gasteiger charge is -2.10. The molecule has 0 saturated heterocycles. The highest BCUT2D eigenvalue weighted by Gasteiger charge is 2.17. The van der Waals surface area contributed by atoms with Gasteiger partial charge in [-0.3, -0.25) is 5.43 Å². The van der Waals surface area contributed by atoms with E-state index >= 15 is 0 Å². The Kier molecular flexibility index (Phi) is 4.53. The van der Waals surface area contributed by atoms with Crippen LogP contribution in [0.25, 0.3) is 21.7 Å². The van der Waals surface area contributed by atoms with E-state index in [0.29, 0.717) is 12.2 Å². The van der Waals surface area contributed by atoms with Crippen molar-refractivity contribution >= 4 is 44.7 Å². The van der Waals surface area contributed by atoms with E-state index < -0.39 is 0 Å². The summed E-state index contributed by atoms with van der Waals surface area (Å²) in [5.74, 6) is 5.27. The lowest BCUT2D eigenvalue weighted by molar-refractivity contribution is 0.430. The van der Waals surface area contributed by atoms with Gasteiger partial charge in [0.2, 0.25) is 11.0 Å². The van der Waals surface area contributed by atoms with E-state index in [1.807, 2.05) is 47.0 Å². The van der Waals surface area contributed by atoms with Crippen LogP contribution in [0.2, 0.25) is 0 Å². The van der Waals surface area contributed by atoms with Gasteiger partial charge < -0.3 is 9.67 Å². The Hall–Kier alpha value is -3.29. The molecule has 4 N–H and O–H groups in total. The van der Waals surface area contributed by atoms with Crippen LogP contribution < -0.4 is 11.3 Å². The number of benzene rings is 3. The summed E-state index contributed by atoms with van der Waals surface area (Å²) >= 11 is 4.90. The molecule has 3 aromatic carbocycles. The Morgan fingerprint density at radius 3 is 2.52 bits per heavy atom. The normalized spacial score (nSPS) is 11.4. The summed E-state index contributed by atoms with van der Waals surface area (Å²) in [4.78, 5) is 0. The second kappa shape index (κ2) is 7.14. The average molecular weight is 375 g/mol. The SMILES string of the molecule is NNC(=S)N=Nc1c(O)n(Cc2cccc3ccccc23)c2ccccc12. The first kappa shape index (κ1) is 17.1. The van der Waals surface area contributed by atoms with Crippen molar-refractivity contribution in [3.05, 3.63) is 72.3 Å². The van der Waals surface area contributed by atoms with Crippen LogP contribution in [0, 0.1) is 0 Å². The lowest BCUT2D eigenvalue weighted by atomic mass is 10.0. The van der Waals surface area contributed by atoms with Gasteiger partial charge >= 0.3 is 0 Å². The standard InChI is InChI=1S/C20H17N5OS/c21-22-20(27)24-23-18-16-10-3-4-11-17(16)25(19(18)26)12-14-8-5-7-13-6-1-2-9-15(13)14/h1-11,26H,12,21H2,(H,22,27). The zero-order valence-corrected chi connectivity index (χ0v) is 15.1. The monoisotopic (exact) mass is 375 g/mol. The van der Waals surface area contributed by atoms with Gasteiger partial charge in [0.1, 0.15) is 0 Å². The molecule has 0 aliphatic carbocycles. The summed E-state index contributed by atoms with van der Waals surface area (Å²) < 4.78 is 1.82. The maximum absolute atomic E-state index is 10.8. The van der Waals surface area contributed by atoms with Crippen LogP contribution in [0.1, 0.15) is 5.56 Å². The molecular weight excluding hydrogens is 358 g/mol. The Morgan fingerprint density at radius 1 is 1.00 bits per heavy atom. The van der Waals surface area contributed by atoms with Gasteiger partial charge in [-0.25, -0.2) is 5.84 Å². The van der Waals surface area contributed by atoms with Gasteiger partial charge in [-0.05, 0) is 34.6 Å². The van der Waals surface area contributed by atoms with Crippen molar-refractivity contribution in [2.24, 2.45) is 16.1 Å². The van der Waals surface area contributed by atoms with Crippen LogP contribution in [0.15, 0.2) is 77.0 Å². The molecule has 4 rings (SSSR count). The van der Waals surface area contributed by atoms with E-state index in [1.54, 1.807) is 0 Å². The quantitative estimate of drug-likeness (QED) is 0.215. The highest BCUT2D eigenvalue weighted by Crippen LogP contribution is 2.39. The molecule has 0 spiro atoms. The maximum Gasteiger partial charge on any atom is 0.227 e. The van der Waals surface area contributed by atoms with Crippen molar-refractivity contribution in [3.63, 3.8) is 0 Å². The third kappa shape index (κ3) is 3.14. The lowest BCUT2D eigenvalue weighted by Crippen LogP contribution is -2.26. The number of thiocarbonyl (C=S) groups is 1. The predicted molar refractivity (Wildman–Crippen MR) is 111 cm³/mol. The van der Waals surface area contributed by atoms with Crippen molar-refractivity contribution in [2.75, 3.05) is 0 Å². The topological polar surface area (TPSA) is 87.9 Å². The number of nitrogens with zero attached hydrogens (tertiary/aromatic N) is 3. The average Bonchev–Trinajstić information content (AvgIpc) is 2.97. The molecule has 0 unspecified atom stereocenters. The highest BCUT2D eigenvalue weighted by molar-refractivity contribution is 7.80. The molecule has 7 heteroatoms. The molecule has 0 amide bonds. The fourth-order valence-corrected chi connectivity index (χ4v) is 3.30. The van der Waals surface area contributed by atoms with Gasteiger partial charge in [0.25, 0.3) is 0 Å². The van der Waals surface area contributed by atoms with Crippen LogP contribution >= 0.6 is 12.2 Å². The first-order valence-corrected chi connectivity index (χ1v) is 8.79. The number of nitrogens with two attached hydrogens (primary N) is 1. The van der Waals surface area contributed by atoms with Crippen LogP contribution in [-0.4, -0.2) is 14.8 Å². The van der Waals surface area contributed by atoms with E-state index in [2.05, 4.69) is 39.9 Å². The third-order valence-electron chi connectivity index (χ3n) is 4.49. The Bertz CT molecular complexity index is 1180. The molecule has 27 heavy (non-hydrogen) atoms. The van der Waals surface area contributed by atoms with Crippen LogP contribution in [0.4, 0.5) is 5.69 Å². The van der Waals surface area contributed by atoms with Crippen molar-refractivity contribution in [1.82, 2.24) is 9.99 Å². The molecule has 0 aliphatic rings. The largest absolute Gasteiger partial charge is 0.493 e. The Balaban J connectivity index is 1.86. The third-order valence-corrected chi connectivity index (χ3v) is 4.69. The van der Waals surface area contributed by atoms with E-state index in [9.17, 15) is 5.11 Å². The van der Waals surface area contributed by atoms with Crippen molar-refractivity contribution in [1.29, 1.82) is 0 Å². The van der Waals surface area contributed by atoms with Crippen LogP contribution in [0.5, 0.6) is 5.88 Å². The molecular formula is C20H17N5OS. The van der Waals surface area contributed by atoms with Gasteiger partial charge in [-0.15, -0.1) is 10.2 Å². The van der Waals surface area contributed by atoms with Crippen LogP contribution in [-0.2, 0) is 6.54 Å². The maximum atomic E-state index is 10.8. The Morgan fingerprint density at radius 2 is 1.70 bits per heavy atom. The van der Waals surface area contributed by atoms with Crippen molar-refractivity contribution in [2.45, 2.75) is 6.54 Å². The number of azo groups is 1. The number of fused-ring (bicyclic) bond motifs is 2. The molecule has 0 aliphatic heterocycles. The zero-order valence-electron chi connectivity index (χ0n) is 14.3. The van der Waals surface area contributed by atoms with Gasteiger partial charge in [-0.2, -0.15) is 0 Å². The molecule has 0 saturated carbocycles. The minimum atomic E-state index is 0.0349. The zero-order chi connectivity index (χ0) is 18.8. The smallest absolute Gasteiger partial charge is 0.227 e. The number of hydrazine groups is 1. The van der Waals surface area contributed by atoms with E-state index in [4.69, 9.17) is 18.1 Å². The minimum absolute atomic E-state index is 0.0349. The van der Waals surface area contributed by atoms with Gasteiger partial charge in [-0.1, -0.05) is 60.7 Å². The van der Waals surface area contributed by atoms with Crippen LogP contribution in [0.3, 0.4) is 0 Å². The molecule has 1 aromatic heterocycles. The number of rotatable bonds is 3. The summed E-state index contributed by atoms with van der Waals surface area (Å²) in [5, 5.41) is 21.9. The summed E-state index contributed by atoms with van der Waals surface area (Å²) in [7, 11) is 0. The summed E-state index contributed by atoms with van der Waals surface area (Å²) in [5.41, 5.74) is 4.58. The molecule has 6 nitrogen and oxygen atoms in total. The number of hydrogen-bond donors (Lipinski definition) is 3. The number of aromatic nitrogens is 1. The van der Waals surface area contributed by atoms with E-state index in [1.165, 1.54) is 0 Å². The van der Waals surface area contributed by atoms with Gasteiger partial charge in [0.05, 0.1) is 12.1 Å². The summed E-state index contributed by atoms with van der Waals surface area (Å²) in [6.45, 7) is 0.503. The molecule has 0 atom stereocenters. The highest BCUT2D eigenvalue weighted by atomic mass is 32.1. The fraction of sp³-hybridized carbons (Fsp3) is 0.0500.